The molecule has 0 saturated carbocycles. The standard InChI is InChI=1S/C13H17F6N3O2/c1-6-4-7(21-22-9(20)23)8(10(2,3)5-6)11(24,12(14,15)16)13(17,18)19/h4,8,24H,5H2,1-3H3,(H3,20,22,23)/b21-7-. The predicted octanol–water partition coefficient (Wildman–Crippen LogP) is 2.86. The average Bonchev–Trinajstić information content (AvgIpc) is 2.30. The van der Waals surface area contributed by atoms with Crippen LogP contribution in [0.5, 0.6) is 0 Å². The highest BCUT2D eigenvalue weighted by molar-refractivity contribution is 6.00. The lowest BCUT2D eigenvalue weighted by atomic mass is 9.61. The Balaban J connectivity index is 3.68. The largest absolute Gasteiger partial charge is 0.426 e. The second-order valence-corrected chi connectivity index (χ2v) is 6.36. The van der Waals surface area contributed by atoms with E-state index >= 15 is 0 Å². The number of amides is 2. The van der Waals surface area contributed by atoms with Gasteiger partial charge in [-0.1, -0.05) is 19.4 Å². The van der Waals surface area contributed by atoms with E-state index in [4.69, 9.17) is 5.73 Å². The fraction of sp³-hybridized carbons (Fsp3) is 0.692. The molecule has 1 rings (SSSR count). The molecule has 0 saturated heterocycles. The molecule has 0 bridgehead atoms. The summed E-state index contributed by atoms with van der Waals surface area (Å²) in [6.45, 7) is 3.78. The van der Waals surface area contributed by atoms with Crippen molar-refractivity contribution in [2.75, 3.05) is 0 Å². The zero-order valence-corrected chi connectivity index (χ0v) is 13.0. The lowest BCUT2D eigenvalue weighted by molar-refractivity contribution is -0.385. The number of halogens is 6. The highest BCUT2D eigenvalue weighted by atomic mass is 19.4. The Kier molecular flexibility index (Phi) is 5.01. The van der Waals surface area contributed by atoms with Crippen molar-refractivity contribution in [3.63, 3.8) is 0 Å². The van der Waals surface area contributed by atoms with Gasteiger partial charge in [0.1, 0.15) is 0 Å². The van der Waals surface area contributed by atoms with E-state index in [9.17, 15) is 36.2 Å². The van der Waals surface area contributed by atoms with Gasteiger partial charge in [0.25, 0.3) is 5.60 Å². The van der Waals surface area contributed by atoms with E-state index in [0.717, 1.165) is 19.9 Å². The normalized spacial score (nSPS) is 23.8. The number of hydrogen-bond donors (Lipinski definition) is 3. The van der Waals surface area contributed by atoms with Crippen LogP contribution in [0.3, 0.4) is 0 Å². The molecule has 5 nitrogen and oxygen atoms in total. The number of rotatable bonds is 2. The fourth-order valence-corrected chi connectivity index (χ4v) is 3.09. The Morgan fingerprint density at radius 2 is 1.75 bits per heavy atom. The summed E-state index contributed by atoms with van der Waals surface area (Å²) >= 11 is 0. The number of carbonyl (C=O) groups excluding carboxylic acids is 1. The second kappa shape index (κ2) is 5.94. The average molecular weight is 361 g/mol. The van der Waals surface area contributed by atoms with Crippen LogP contribution in [0.1, 0.15) is 27.2 Å². The maximum atomic E-state index is 13.2. The summed E-state index contributed by atoms with van der Waals surface area (Å²) in [7, 11) is 0. The number of hydrazone groups is 1. The molecule has 138 valence electrons. The van der Waals surface area contributed by atoms with Crippen LogP contribution in [-0.4, -0.2) is 34.8 Å². The summed E-state index contributed by atoms with van der Waals surface area (Å²) in [5.74, 6) is -2.50. The van der Waals surface area contributed by atoms with Crippen molar-refractivity contribution >= 4 is 11.7 Å². The van der Waals surface area contributed by atoms with E-state index in [0.29, 0.717) is 5.57 Å². The third kappa shape index (κ3) is 3.50. The first-order valence-electron chi connectivity index (χ1n) is 6.70. The molecule has 11 heteroatoms. The number of nitrogens with zero attached hydrogens (tertiary/aromatic N) is 1. The van der Waals surface area contributed by atoms with Gasteiger partial charge in [-0.3, -0.25) is 0 Å². The van der Waals surface area contributed by atoms with Gasteiger partial charge in [-0.15, -0.1) is 0 Å². The van der Waals surface area contributed by atoms with Crippen molar-refractivity contribution in [1.82, 2.24) is 5.43 Å². The first-order chi connectivity index (χ1) is 10.5. The van der Waals surface area contributed by atoms with Gasteiger partial charge >= 0.3 is 18.4 Å². The molecule has 1 aliphatic rings. The van der Waals surface area contributed by atoms with Gasteiger partial charge in [0.2, 0.25) is 0 Å². The van der Waals surface area contributed by atoms with Crippen molar-refractivity contribution in [3.8, 4) is 0 Å². The van der Waals surface area contributed by atoms with Crippen molar-refractivity contribution in [2.45, 2.75) is 45.1 Å². The van der Waals surface area contributed by atoms with Crippen LogP contribution in [0, 0.1) is 11.3 Å². The molecule has 0 spiro atoms. The fourth-order valence-electron chi connectivity index (χ4n) is 3.09. The third-order valence-electron chi connectivity index (χ3n) is 3.78. The molecule has 0 aliphatic heterocycles. The molecular weight excluding hydrogens is 344 g/mol. The monoisotopic (exact) mass is 361 g/mol. The first kappa shape index (κ1) is 20.3. The minimum atomic E-state index is -6.01. The van der Waals surface area contributed by atoms with Crippen molar-refractivity contribution in [3.05, 3.63) is 11.6 Å². The summed E-state index contributed by atoms with van der Waals surface area (Å²) in [4.78, 5) is 10.7. The lowest BCUT2D eigenvalue weighted by Crippen LogP contribution is -2.67. The van der Waals surface area contributed by atoms with Crippen LogP contribution in [0.25, 0.3) is 0 Å². The minimum Gasteiger partial charge on any atom is -0.373 e. The second-order valence-electron chi connectivity index (χ2n) is 6.36. The summed E-state index contributed by atoms with van der Waals surface area (Å²) in [5, 5.41) is 13.0. The molecule has 2 amide bonds. The van der Waals surface area contributed by atoms with Gasteiger partial charge in [0.05, 0.1) is 11.6 Å². The molecule has 0 heterocycles. The smallest absolute Gasteiger partial charge is 0.373 e. The van der Waals surface area contributed by atoms with Gasteiger partial charge < -0.3 is 10.8 Å². The Morgan fingerprint density at radius 1 is 1.29 bits per heavy atom. The number of aliphatic hydroxyl groups is 1. The Hall–Kier alpha value is -1.78. The Bertz CT molecular complexity index is 563. The Labute approximate surface area is 133 Å². The van der Waals surface area contributed by atoms with Crippen LogP contribution < -0.4 is 11.2 Å². The van der Waals surface area contributed by atoms with Crippen molar-refractivity contribution in [1.29, 1.82) is 0 Å². The Morgan fingerprint density at radius 3 is 2.12 bits per heavy atom. The van der Waals surface area contributed by atoms with Crippen LogP contribution >= 0.6 is 0 Å². The lowest BCUT2D eigenvalue weighted by Gasteiger charge is -2.48. The summed E-state index contributed by atoms with van der Waals surface area (Å²) in [6.07, 6.45) is -11.2. The number of nitrogens with one attached hydrogen (secondary N) is 1. The molecule has 1 atom stereocenters. The van der Waals surface area contributed by atoms with E-state index in [1.54, 1.807) is 5.43 Å². The predicted molar refractivity (Wildman–Crippen MR) is 72.9 cm³/mol. The van der Waals surface area contributed by atoms with E-state index in [1.807, 2.05) is 0 Å². The van der Waals surface area contributed by atoms with Gasteiger partial charge in [0, 0.05) is 0 Å². The number of alkyl halides is 6. The zero-order chi connectivity index (χ0) is 19.1. The SMILES string of the molecule is CC1=C/C(=N/NC(N)=O)C(C(O)(C(F)(F)F)C(F)(F)F)C(C)(C)C1. The zero-order valence-electron chi connectivity index (χ0n) is 13.0. The number of urea groups is 1. The van der Waals surface area contributed by atoms with E-state index < -0.39 is 41.0 Å². The maximum absolute atomic E-state index is 13.2. The van der Waals surface area contributed by atoms with Gasteiger partial charge in [-0.05, 0) is 24.8 Å². The number of hydrogen-bond acceptors (Lipinski definition) is 3. The molecule has 0 aromatic heterocycles. The number of allylic oxidation sites excluding steroid dienone is 2. The molecule has 0 aromatic carbocycles. The van der Waals surface area contributed by atoms with Crippen molar-refractivity contribution < 1.29 is 36.2 Å². The minimum absolute atomic E-state index is 0.137. The number of nitrogens with two attached hydrogens (primary N) is 1. The molecular formula is C13H17F6N3O2. The van der Waals surface area contributed by atoms with Gasteiger partial charge in [0.15, 0.2) is 0 Å². The number of carbonyl (C=O) groups is 1. The van der Waals surface area contributed by atoms with Crippen molar-refractivity contribution in [2.24, 2.45) is 22.2 Å². The molecule has 0 fully saturated rings. The highest BCUT2D eigenvalue weighted by Gasteiger charge is 2.76. The summed E-state index contributed by atoms with van der Waals surface area (Å²) in [5.41, 5.74) is -0.657. The van der Waals surface area contributed by atoms with E-state index in [2.05, 4.69) is 5.10 Å². The van der Waals surface area contributed by atoms with Crippen LogP contribution in [0.15, 0.2) is 16.8 Å². The van der Waals surface area contributed by atoms with Gasteiger partial charge in [-0.2, -0.15) is 31.4 Å². The van der Waals surface area contributed by atoms with Crippen LogP contribution in [0.4, 0.5) is 31.1 Å². The number of primary amides is 1. The van der Waals surface area contributed by atoms with E-state index in [-0.39, 0.29) is 6.42 Å². The third-order valence-corrected chi connectivity index (χ3v) is 3.78. The maximum Gasteiger partial charge on any atom is 0.426 e. The highest BCUT2D eigenvalue weighted by Crippen LogP contribution is 2.55. The molecule has 0 radical (unpaired) electrons. The van der Waals surface area contributed by atoms with Crippen LogP contribution in [0.2, 0.25) is 0 Å². The van der Waals surface area contributed by atoms with E-state index in [1.165, 1.54) is 6.92 Å². The molecule has 4 N–H and O–H groups in total. The van der Waals surface area contributed by atoms with Gasteiger partial charge in [-0.25, -0.2) is 10.2 Å². The molecule has 24 heavy (non-hydrogen) atoms. The first-order valence-corrected chi connectivity index (χ1v) is 6.70. The molecule has 1 unspecified atom stereocenters. The van der Waals surface area contributed by atoms with Crippen LogP contribution in [-0.2, 0) is 0 Å². The topological polar surface area (TPSA) is 87.7 Å². The molecule has 1 aliphatic carbocycles. The quantitative estimate of drug-likeness (QED) is 0.522. The summed E-state index contributed by atoms with van der Waals surface area (Å²) < 4.78 is 79.4. The summed E-state index contributed by atoms with van der Waals surface area (Å²) in [6, 6.07) is -1.27. The molecule has 0 aromatic rings.